The van der Waals surface area contributed by atoms with Gasteiger partial charge in [-0.1, -0.05) is 0 Å². The fraction of sp³-hybridized carbons (Fsp3) is 0.750. The molecular weight excluding hydrogens is 254 g/mol. The van der Waals surface area contributed by atoms with Gasteiger partial charge in [0.25, 0.3) is 0 Å². The second kappa shape index (κ2) is 4.26. The maximum Gasteiger partial charge on any atom is 0.335 e. The Morgan fingerprint density at radius 3 is 2.78 bits per heavy atom. The summed E-state index contributed by atoms with van der Waals surface area (Å²) < 4.78 is 9.52. The molecule has 0 saturated heterocycles. The molecule has 3 atom stereocenters. The normalized spacial score (nSPS) is 34.3. The number of hydrogen-bond donors (Lipinski definition) is 0. The Kier molecular flexibility index (Phi) is 3.17. The van der Waals surface area contributed by atoms with Crippen molar-refractivity contribution in [3.8, 4) is 0 Å². The first-order chi connectivity index (χ1) is 8.40. The number of rotatable bonds is 4. The van der Waals surface area contributed by atoms with Crippen molar-refractivity contribution in [2.75, 3.05) is 13.7 Å². The lowest BCUT2D eigenvalue weighted by molar-refractivity contribution is -0.145. The van der Waals surface area contributed by atoms with Gasteiger partial charge in [-0.05, 0) is 20.8 Å². The van der Waals surface area contributed by atoms with Crippen LogP contribution in [-0.4, -0.2) is 41.0 Å². The van der Waals surface area contributed by atoms with Crippen molar-refractivity contribution in [2.24, 2.45) is 10.9 Å². The van der Waals surface area contributed by atoms with Crippen molar-refractivity contribution in [3.05, 3.63) is 0 Å². The van der Waals surface area contributed by atoms with Gasteiger partial charge in [-0.15, -0.1) is 11.8 Å². The highest BCUT2D eigenvalue weighted by molar-refractivity contribution is 8.15. The zero-order valence-corrected chi connectivity index (χ0v) is 11.8. The van der Waals surface area contributed by atoms with Crippen LogP contribution in [0.4, 0.5) is 0 Å². The molecule has 0 aromatic carbocycles. The zero-order chi connectivity index (χ0) is 13.6. The largest absolute Gasteiger partial charge is 0.467 e. The minimum atomic E-state index is -0.775. The Bertz CT molecular complexity index is 436. The third kappa shape index (κ3) is 1.74. The first kappa shape index (κ1) is 13.4. The highest BCUT2D eigenvalue weighted by atomic mass is 32.2. The number of hydrogen-bond acceptors (Lipinski definition) is 6. The molecule has 2 aliphatic rings. The van der Waals surface area contributed by atoms with E-state index in [0.29, 0.717) is 18.1 Å². The molecule has 5 nitrogen and oxygen atoms in total. The van der Waals surface area contributed by atoms with Crippen LogP contribution in [0.2, 0.25) is 0 Å². The third-order valence-corrected chi connectivity index (χ3v) is 5.09. The van der Waals surface area contributed by atoms with E-state index in [0.717, 1.165) is 0 Å². The smallest absolute Gasteiger partial charge is 0.335 e. The number of methoxy groups -OCH3 is 1. The van der Waals surface area contributed by atoms with E-state index in [4.69, 9.17) is 9.47 Å². The average molecular weight is 271 g/mol. The van der Waals surface area contributed by atoms with Gasteiger partial charge in [0, 0.05) is 6.42 Å². The highest BCUT2D eigenvalue weighted by Gasteiger charge is 2.75. The maximum absolute atomic E-state index is 11.8. The van der Waals surface area contributed by atoms with Crippen LogP contribution in [0.15, 0.2) is 4.99 Å². The van der Waals surface area contributed by atoms with E-state index in [1.165, 1.54) is 18.9 Å². The van der Waals surface area contributed by atoms with Crippen molar-refractivity contribution < 1.29 is 19.1 Å². The van der Waals surface area contributed by atoms with Gasteiger partial charge in [0.1, 0.15) is 5.92 Å². The van der Waals surface area contributed by atoms with Crippen LogP contribution < -0.4 is 0 Å². The molecule has 2 rings (SSSR count). The quantitative estimate of drug-likeness (QED) is 0.723. The van der Waals surface area contributed by atoms with Gasteiger partial charge < -0.3 is 9.47 Å². The second-order valence-electron chi connectivity index (χ2n) is 4.79. The molecule has 100 valence electrons. The summed E-state index contributed by atoms with van der Waals surface area (Å²) in [5.74, 6) is -1.03. The summed E-state index contributed by atoms with van der Waals surface area (Å²) in [4.78, 5) is 27.9. The fourth-order valence-electron chi connectivity index (χ4n) is 2.22. The van der Waals surface area contributed by atoms with Crippen LogP contribution >= 0.6 is 11.8 Å². The number of carbonyl (C=O) groups is 2. The topological polar surface area (TPSA) is 65.0 Å². The molecule has 6 heteroatoms. The Hall–Kier alpha value is -1.04. The molecule has 0 radical (unpaired) electrons. The van der Waals surface area contributed by atoms with Crippen molar-refractivity contribution in [1.82, 2.24) is 0 Å². The third-order valence-electron chi connectivity index (χ3n) is 3.51. The molecule has 1 aliphatic carbocycles. The summed E-state index contributed by atoms with van der Waals surface area (Å²) in [6.45, 7) is 5.84. The molecule has 0 spiro atoms. The van der Waals surface area contributed by atoms with E-state index in [9.17, 15) is 9.59 Å². The molecule has 0 aromatic rings. The monoisotopic (exact) mass is 271 g/mol. The summed E-state index contributed by atoms with van der Waals surface area (Å²) >= 11 is 1.50. The fourth-order valence-corrected chi connectivity index (χ4v) is 3.73. The zero-order valence-electron chi connectivity index (χ0n) is 11.0. The molecule has 0 unspecified atom stereocenters. The van der Waals surface area contributed by atoms with Crippen LogP contribution in [0.25, 0.3) is 0 Å². The number of ether oxygens (including phenoxy) is 2. The molecule has 1 aliphatic heterocycles. The van der Waals surface area contributed by atoms with E-state index >= 15 is 0 Å². The number of fused-ring (bicyclic) bond motifs is 1. The standard InChI is InChI=1S/C12H17NO4S/c1-5-17-9(14)7(2)8-13-12(10(15)16-4)6-11(12,3)18-8/h7H,5-6H2,1-4H3/t7-,11+,12+/m1/s1. The average Bonchev–Trinajstić information content (AvgIpc) is 2.82. The minimum absolute atomic E-state index is 0.254. The van der Waals surface area contributed by atoms with Gasteiger partial charge in [-0.3, -0.25) is 9.79 Å². The first-order valence-electron chi connectivity index (χ1n) is 5.94. The van der Waals surface area contributed by atoms with E-state index in [1.807, 2.05) is 6.92 Å². The van der Waals surface area contributed by atoms with Gasteiger partial charge in [0.05, 0.1) is 23.5 Å². The number of nitrogens with zero attached hydrogens (tertiary/aromatic N) is 1. The molecule has 0 bridgehead atoms. The van der Waals surface area contributed by atoms with Crippen LogP contribution in [0.5, 0.6) is 0 Å². The minimum Gasteiger partial charge on any atom is -0.467 e. The van der Waals surface area contributed by atoms with Gasteiger partial charge >= 0.3 is 11.9 Å². The Morgan fingerprint density at radius 2 is 2.22 bits per heavy atom. The van der Waals surface area contributed by atoms with Crippen molar-refractivity contribution >= 4 is 28.7 Å². The lowest BCUT2D eigenvalue weighted by Gasteiger charge is -2.11. The molecule has 1 fully saturated rings. The summed E-state index contributed by atoms with van der Waals surface area (Å²) in [5, 5.41) is 0.674. The van der Waals surface area contributed by atoms with E-state index < -0.39 is 11.5 Å². The van der Waals surface area contributed by atoms with E-state index in [-0.39, 0.29) is 16.7 Å². The van der Waals surface area contributed by atoms with E-state index in [2.05, 4.69) is 4.99 Å². The van der Waals surface area contributed by atoms with Crippen molar-refractivity contribution in [2.45, 2.75) is 37.5 Å². The number of thioether (sulfide) groups is 1. The first-order valence-corrected chi connectivity index (χ1v) is 6.75. The summed E-state index contributed by atoms with van der Waals surface area (Å²) in [6.07, 6.45) is 0.677. The van der Waals surface area contributed by atoms with Crippen LogP contribution in [0.1, 0.15) is 27.2 Å². The SMILES string of the molecule is CCOC(=O)[C@H](C)C1=N[C@]2(C(=O)OC)C[C@]2(C)S1. The molecule has 18 heavy (non-hydrogen) atoms. The molecule has 1 heterocycles. The van der Waals surface area contributed by atoms with Crippen molar-refractivity contribution in [1.29, 1.82) is 0 Å². The molecule has 1 saturated carbocycles. The lowest BCUT2D eigenvalue weighted by Crippen LogP contribution is -2.27. The Morgan fingerprint density at radius 1 is 1.56 bits per heavy atom. The van der Waals surface area contributed by atoms with Crippen LogP contribution in [-0.2, 0) is 19.1 Å². The van der Waals surface area contributed by atoms with Gasteiger partial charge in [0.15, 0.2) is 5.54 Å². The van der Waals surface area contributed by atoms with Crippen LogP contribution in [0.3, 0.4) is 0 Å². The molecule has 0 aromatic heterocycles. The van der Waals surface area contributed by atoms with E-state index in [1.54, 1.807) is 13.8 Å². The van der Waals surface area contributed by atoms with Crippen molar-refractivity contribution in [3.63, 3.8) is 0 Å². The summed E-state index contributed by atoms with van der Waals surface area (Å²) in [6, 6.07) is 0. The Balaban J connectivity index is 2.16. The summed E-state index contributed by atoms with van der Waals surface area (Å²) in [7, 11) is 1.36. The molecular formula is C12H17NO4S. The number of aliphatic imine (C=N–C) groups is 1. The highest BCUT2D eigenvalue weighted by Crippen LogP contribution is 2.65. The Labute approximate surface area is 110 Å². The van der Waals surface area contributed by atoms with Gasteiger partial charge in [-0.25, -0.2) is 4.79 Å². The van der Waals surface area contributed by atoms with Gasteiger partial charge in [0.2, 0.25) is 0 Å². The van der Waals surface area contributed by atoms with Crippen LogP contribution in [0, 0.1) is 5.92 Å². The summed E-state index contributed by atoms with van der Waals surface area (Å²) in [5.41, 5.74) is -0.775. The molecule has 0 amide bonds. The lowest BCUT2D eigenvalue weighted by atomic mass is 10.2. The maximum atomic E-state index is 11.8. The number of esters is 2. The van der Waals surface area contributed by atoms with Gasteiger partial charge in [-0.2, -0.15) is 0 Å². The second-order valence-corrected chi connectivity index (χ2v) is 6.31. The molecule has 0 N–H and O–H groups in total. The predicted octanol–water partition coefficient (Wildman–Crippen LogP) is 1.41. The predicted molar refractivity (Wildman–Crippen MR) is 68.6 cm³/mol. The number of carbonyl (C=O) groups excluding carboxylic acids is 2.